The Kier molecular flexibility index (Phi) is 7.82. The van der Waals surface area contributed by atoms with Crippen molar-refractivity contribution in [1.82, 2.24) is 9.13 Å². The molecule has 0 amide bonds. The third-order valence-corrected chi connectivity index (χ3v) is 5.11. The first kappa shape index (κ1) is 25.0. The number of hydrogen-bond acceptors (Lipinski definition) is 9. The van der Waals surface area contributed by atoms with Gasteiger partial charge in [0.2, 0.25) is 5.78 Å². The van der Waals surface area contributed by atoms with Crippen LogP contribution in [0.3, 0.4) is 0 Å². The molecule has 0 aliphatic carbocycles. The summed E-state index contributed by atoms with van der Waals surface area (Å²) in [5.74, 6) is -2.50. The summed E-state index contributed by atoms with van der Waals surface area (Å²) < 4.78 is 16.2. The Morgan fingerprint density at radius 2 is 1.57 bits per heavy atom. The number of aromatic nitrogens is 2. The van der Waals surface area contributed by atoms with E-state index in [-0.39, 0.29) is 12.1 Å². The lowest BCUT2D eigenvalue weighted by molar-refractivity contribution is -0.141. The molecular formula is C24H23N3O8. The maximum atomic E-state index is 13.0. The van der Waals surface area contributed by atoms with Crippen LogP contribution >= 0.6 is 0 Å². The second-order valence-corrected chi connectivity index (χ2v) is 7.31. The van der Waals surface area contributed by atoms with E-state index >= 15 is 0 Å². The van der Waals surface area contributed by atoms with Crippen LogP contribution in [0.25, 0.3) is 0 Å². The number of methoxy groups -OCH3 is 2. The van der Waals surface area contributed by atoms with Crippen LogP contribution in [0.5, 0.6) is 5.75 Å². The molecule has 0 atom stereocenters. The fraction of sp³-hybridized carbons (Fsp3) is 0.208. The number of esters is 2. The number of nitrogens with zero attached hydrogens (tertiary/aromatic N) is 2. The number of carbonyl (C=O) groups is 3. The van der Waals surface area contributed by atoms with E-state index in [0.717, 1.165) is 11.7 Å². The third-order valence-electron chi connectivity index (χ3n) is 5.11. The van der Waals surface area contributed by atoms with Crippen LogP contribution in [0.2, 0.25) is 0 Å². The van der Waals surface area contributed by atoms with Crippen molar-refractivity contribution in [2.75, 3.05) is 26.6 Å². The summed E-state index contributed by atoms with van der Waals surface area (Å²) in [5, 5.41) is 0. The zero-order chi connectivity index (χ0) is 25.5. The Morgan fingerprint density at radius 3 is 2.17 bits per heavy atom. The Bertz CT molecular complexity index is 1360. The molecule has 0 fully saturated rings. The number of nitrogen functional groups attached to an aromatic ring is 1. The van der Waals surface area contributed by atoms with Gasteiger partial charge in [-0.15, -0.1) is 0 Å². The molecule has 2 aromatic carbocycles. The van der Waals surface area contributed by atoms with Crippen LogP contribution in [0.4, 0.5) is 5.82 Å². The second-order valence-electron chi connectivity index (χ2n) is 7.31. The van der Waals surface area contributed by atoms with Gasteiger partial charge in [-0.25, -0.2) is 14.2 Å². The van der Waals surface area contributed by atoms with E-state index in [1.54, 1.807) is 42.5 Å². The first-order chi connectivity index (χ1) is 16.8. The molecule has 1 aromatic heterocycles. The zero-order valence-corrected chi connectivity index (χ0v) is 19.1. The maximum Gasteiger partial charge on any atom is 0.338 e. The molecule has 0 spiro atoms. The van der Waals surface area contributed by atoms with Crippen molar-refractivity contribution in [2.24, 2.45) is 0 Å². The lowest BCUT2D eigenvalue weighted by Gasteiger charge is -2.16. The first-order valence-corrected chi connectivity index (χ1v) is 10.3. The predicted octanol–water partition coefficient (Wildman–Crippen LogP) is 0.862. The summed E-state index contributed by atoms with van der Waals surface area (Å²) in [6.45, 7) is -1.61. The van der Waals surface area contributed by atoms with Gasteiger partial charge in [0.25, 0.3) is 5.56 Å². The number of anilines is 1. The van der Waals surface area contributed by atoms with Gasteiger partial charge in [-0.2, -0.15) is 0 Å². The van der Waals surface area contributed by atoms with Crippen molar-refractivity contribution in [3.05, 3.63) is 92.1 Å². The van der Waals surface area contributed by atoms with E-state index in [1.165, 1.54) is 19.2 Å². The van der Waals surface area contributed by atoms with Crippen molar-refractivity contribution in [2.45, 2.75) is 13.1 Å². The number of carbonyl (C=O) groups excluding carboxylic acids is 3. The smallest absolute Gasteiger partial charge is 0.338 e. The van der Waals surface area contributed by atoms with Crippen molar-refractivity contribution >= 4 is 23.5 Å². The number of rotatable bonds is 9. The van der Waals surface area contributed by atoms with E-state index in [1.807, 2.05) is 0 Å². The van der Waals surface area contributed by atoms with Gasteiger partial charge >= 0.3 is 17.6 Å². The van der Waals surface area contributed by atoms with Gasteiger partial charge in [-0.1, -0.05) is 30.3 Å². The molecule has 1 heterocycles. The highest BCUT2D eigenvalue weighted by Crippen LogP contribution is 2.13. The summed E-state index contributed by atoms with van der Waals surface area (Å²) in [6, 6.07) is 14.7. The van der Waals surface area contributed by atoms with Gasteiger partial charge in [-0.3, -0.25) is 19.0 Å². The predicted molar refractivity (Wildman–Crippen MR) is 125 cm³/mol. The molecule has 182 valence electrons. The second kappa shape index (κ2) is 11.0. The van der Waals surface area contributed by atoms with Gasteiger partial charge in [-0.05, 0) is 29.8 Å². The molecule has 2 N–H and O–H groups in total. The van der Waals surface area contributed by atoms with E-state index in [0.29, 0.717) is 15.9 Å². The van der Waals surface area contributed by atoms with E-state index < -0.39 is 53.5 Å². The monoisotopic (exact) mass is 481 g/mol. The van der Waals surface area contributed by atoms with Crippen LogP contribution < -0.4 is 21.7 Å². The van der Waals surface area contributed by atoms with Crippen LogP contribution in [-0.2, 0) is 27.4 Å². The van der Waals surface area contributed by atoms with E-state index in [9.17, 15) is 24.0 Å². The minimum absolute atomic E-state index is 0.0706. The Balaban J connectivity index is 1.96. The molecular weight excluding hydrogens is 458 g/mol. The fourth-order valence-electron chi connectivity index (χ4n) is 3.24. The minimum Gasteiger partial charge on any atom is -0.497 e. The van der Waals surface area contributed by atoms with E-state index in [4.69, 9.17) is 15.2 Å². The number of Topliss-reactive ketones (excluding diaryl/α,β-unsaturated/α-hetero) is 1. The molecule has 11 nitrogen and oxygen atoms in total. The summed E-state index contributed by atoms with van der Waals surface area (Å²) in [7, 11) is 2.57. The normalized spacial score (nSPS) is 10.5. The lowest BCUT2D eigenvalue weighted by atomic mass is 10.1. The van der Waals surface area contributed by atoms with Crippen LogP contribution in [0.15, 0.2) is 64.2 Å². The summed E-state index contributed by atoms with van der Waals surface area (Å²) in [4.78, 5) is 63.0. The van der Waals surface area contributed by atoms with Crippen molar-refractivity contribution in [1.29, 1.82) is 0 Å². The topological polar surface area (TPSA) is 149 Å². The molecule has 0 unspecified atom stereocenters. The molecule has 3 rings (SSSR count). The minimum atomic E-state index is -1.09. The number of ether oxygens (including phenoxy) is 3. The highest BCUT2D eigenvalue weighted by molar-refractivity contribution is 6.02. The summed E-state index contributed by atoms with van der Waals surface area (Å²) >= 11 is 0. The molecule has 0 bridgehead atoms. The quantitative estimate of drug-likeness (QED) is 0.347. The summed E-state index contributed by atoms with van der Waals surface area (Å²) in [5.41, 5.74) is 4.33. The van der Waals surface area contributed by atoms with Crippen LogP contribution in [0, 0.1) is 0 Å². The van der Waals surface area contributed by atoms with Crippen molar-refractivity contribution < 1.29 is 28.6 Å². The fourth-order valence-corrected chi connectivity index (χ4v) is 3.24. The van der Waals surface area contributed by atoms with Crippen molar-refractivity contribution in [3.63, 3.8) is 0 Å². The first-order valence-electron chi connectivity index (χ1n) is 10.3. The zero-order valence-electron chi connectivity index (χ0n) is 19.1. The number of hydrogen-bond donors (Lipinski definition) is 1. The largest absolute Gasteiger partial charge is 0.497 e. The Hall–Kier alpha value is -4.67. The van der Waals surface area contributed by atoms with Gasteiger partial charge in [0, 0.05) is 0 Å². The molecule has 0 radical (unpaired) electrons. The molecule has 3 aromatic rings. The molecule has 35 heavy (non-hydrogen) atoms. The Labute approximate surface area is 199 Å². The molecule has 11 heteroatoms. The standard InChI is InChI=1S/C24H23N3O8/c1-33-17-10-8-16(9-11-17)23(31)35-14-18(28)20-21(25)26(12-15-6-4-3-5-7-15)24(32)27(22(20)30)13-19(29)34-2/h3-11H,12-14,25H2,1-2H3. The van der Waals surface area contributed by atoms with E-state index in [2.05, 4.69) is 4.74 Å². The maximum absolute atomic E-state index is 13.0. The number of benzene rings is 2. The molecule has 0 saturated heterocycles. The SMILES string of the molecule is COC(=O)Cn1c(=O)c(C(=O)COC(=O)c2ccc(OC)cc2)c(N)n(Cc2ccccc2)c1=O. The van der Waals surface area contributed by atoms with Crippen molar-refractivity contribution in [3.8, 4) is 5.75 Å². The molecule has 0 aliphatic rings. The Morgan fingerprint density at radius 1 is 0.914 bits per heavy atom. The third kappa shape index (κ3) is 5.64. The number of nitrogens with two attached hydrogens (primary N) is 1. The highest BCUT2D eigenvalue weighted by Gasteiger charge is 2.25. The van der Waals surface area contributed by atoms with Gasteiger partial charge < -0.3 is 19.9 Å². The van der Waals surface area contributed by atoms with Crippen LogP contribution in [-0.4, -0.2) is 47.7 Å². The average molecular weight is 481 g/mol. The van der Waals surface area contributed by atoms with Gasteiger partial charge in [0.05, 0.1) is 26.3 Å². The molecule has 0 saturated carbocycles. The summed E-state index contributed by atoms with van der Waals surface area (Å²) in [6.07, 6.45) is 0. The van der Waals surface area contributed by atoms with Gasteiger partial charge in [0.1, 0.15) is 23.7 Å². The van der Waals surface area contributed by atoms with Crippen LogP contribution in [0.1, 0.15) is 26.3 Å². The van der Waals surface area contributed by atoms with Gasteiger partial charge in [0.15, 0.2) is 6.61 Å². The average Bonchev–Trinajstić information content (AvgIpc) is 2.88. The molecule has 0 aliphatic heterocycles. The lowest BCUT2D eigenvalue weighted by Crippen LogP contribution is -2.46. The number of ketones is 1. The highest BCUT2D eigenvalue weighted by atomic mass is 16.5.